The molecular formula is C14H19ClN2. The van der Waals surface area contributed by atoms with E-state index in [9.17, 15) is 0 Å². The van der Waals surface area contributed by atoms with E-state index in [2.05, 4.69) is 24.0 Å². The maximum absolute atomic E-state index is 5.94. The number of nitrogens with zero attached hydrogens (tertiary/aromatic N) is 2. The van der Waals surface area contributed by atoms with E-state index in [0.29, 0.717) is 5.88 Å². The van der Waals surface area contributed by atoms with Gasteiger partial charge in [0.25, 0.3) is 0 Å². The van der Waals surface area contributed by atoms with E-state index < -0.39 is 0 Å². The van der Waals surface area contributed by atoms with Crippen molar-refractivity contribution in [2.24, 2.45) is 5.92 Å². The summed E-state index contributed by atoms with van der Waals surface area (Å²) in [6, 6.07) is 4.99. The molecule has 2 fully saturated rings. The van der Waals surface area contributed by atoms with Gasteiger partial charge in [0.2, 0.25) is 0 Å². The van der Waals surface area contributed by atoms with Crippen LogP contribution < -0.4 is 4.90 Å². The molecule has 1 aromatic heterocycles. The highest BCUT2D eigenvalue weighted by atomic mass is 35.5. The van der Waals surface area contributed by atoms with Gasteiger partial charge in [-0.1, -0.05) is 0 Å². The molecule has 0 radical (unpaired) electrons. The van der Waals surface area contributed by atoms with Crippen molar-refractivity contribution < 1.29 is 0 Å². The van der Waals surface area contributed by atoms with Gasteiger partial charge in [0.1, 0.15) is 5.82 Å². The normalized spacial score (nSPS) is 19.4. The Morgan fingerprint density at radius 1 is 1.29 bits per heavy atom. The number of anilines is 1. The van der Waals surface area contributed by atoms with Crippen LogP contribution in [0.1, 0.15) is 36.9 Å². The van der Waals surface area contributed by atoms with E-state index >= 15 is 0 Å². The first-order valence-corrected chi connectivity index (χ1v) is 7.10. The van der Waals surface area contributed by atoms with Gasteiger partial charge in [-0.15, -0.1) is 11.6 Å². The van der Waals surface area contributed by atoms with Crippen molar-refractivity contribution in [2.45, 2.75) is 44.5 Å². The number of aromatic nitrogens is 1. The Morgan fingerprint density at radius 2 is 2.06 bits per heavy atom. The molecule has 92 valence electrons. The fraction of sp³-hybridized carbons (Fsp3) is 0.643. The third-order valence-electron chi connectivity index (χ3n) is 3.59. The molecule has 1 heterocycles. The van der Waals surface area contributed by atoms with E-state index in [1.54, 1.807) is 0 Å². The van der Waals surface area contributed by atoms with Crippen LogP contribution in [0.25, 0.3) is 0 Å². The molecule has 0 N–H and O–H groups in total. The maximum atomic E-state index is 5.94. The lowest BCUT2D eigenvalue weighted by molar-refractivity contribution is 0.707. The van der Waals surface area contributed by atoms with Crippen LogP contribution in [-0.4, -0.2) is 17.6 Å². The molecule has 0 aliphatic heterocycles. The van der Waals surface area contributed by atoms with Gasteiger partial charge in [0.05, 0.1) is 0 Å². The first-order valence-electron chi connectivity index (χ1n) is 6.56. The molecule has 3 rings (SSSR count). The van der Waals surface area contributed by atoms with Gasteiger partial charge in [-0.2, -0.15) is 0 Å². The Morgan fingerprint density at radius 3 is 2.65 bits per heavy atom. The van der Waals surface area contributed by atoms with Crippen molar-refractivity contribution in [1.29, 1.82) is 0 Å². The molecule has 2 saturated carbocycles. The number of pyridine rings is 1. The van der Waals surface area contributed by atoms with Crippen LogP contribution in [0.15, 0.2) is 12.1 Å². The summed E-state index contributed by atoms with van der Waals surface area (Å²) in [5, 5.41) is 0. The molecule has 2 aliphatic rings. The van der Waals surface area contributed by atoms with Crippen LogP contribution in [0.4, 0.5) is 5.82 Å². The quantitative estimate of drug-likeness (QED) is 0.744. The van der Waals surface area contributed by atoms with Gasteiger partial charge in [-0.25, -0.2) is 4.98 Å². The summed E-state index contributed by atoms with van der Waals surface area (Å²) in [4.78, 5) is 7.21. The highest BCUT2D eigenvalue weighted by Crippen LogP contribution is 2.37. The number of halogens is 1. The van der Waals surface area contributed by atoms with Crippen LogP contribution in [0, 0.1) is 12.8 Å². The van der Waals surface area contributed by atoms with Gasteiger partial charge >= 0.3 is 0 Å². The van der Waals surface area contributed by atoms with Crippen LogP contribution in [0.3, 0.4) is 0 Å². The predicted molar refractivity (Wildman–Crippen MR) is 71.6 cm³/mol. The zero-order valence-corrected chi connectivity index (χ0v) is 11.1. The molecule has 0 aromatic carbocycles. The summed E-state index contributed by atoms with van der Waals surface area (Å²) in [6.45, 7) is 3.25. The van der Waals surface area contributed by atoms with E-state index in [1.807, 2.05) is 0 Å². The van der Waals surface area contributed by atoms with Crippen molar-refractivity contribution >= 4 is 17.4 Å². The van der Waals surface area contributed by atoms with Gasteiger partial charge in [-0.05, 0) is 56.2 Å². The topological polar surface area (TPSA) is 16.1 Å². The molecule has 2 nitrogen and oxygen atoms in total. The second-order valence-electron chi connectivity index (χ2n) is 5.44. The van der Waals surface area contributed by atoms with Gasteiger partial charge in [0.15, 0.2) is 0 Å². The molecular weight excluding hydrogens is 232 g/mol. The fourth-order valence-corrected chi connectivity index (χ4v) is 2.49. The van der Waals surface area contributed by atoms with Crippen molar-refractivity contribution in [3.05, 3.63) is 23.4 Å². The molecule has 0 saturated heterocycles. The molecule has 0 unspecified atom stereocenters. The van der Waals surface area contributed by atoms with Crippen LogP contribution in [0.2, 0.25) is 0 Å². The SMILES string of the molecule is Cc1cc(CCl)cc(N(CC2CC2)C2CC2)n1. The number of aryl methyl sites for hydroxylation is 1. The minimum absolute atomic E-state index is 0.582. The van der Waals surface area contributed by atoms with Crippen LogP contribution in [0.5, 0.6) is 0 Å². The van der Waals surface area contributed by atoms with Gasteiger partial charge in [-0.3, -0.25) is 0 Å². The second-order valence-corrected chi connectivity index (χ2v) is 5.70. The largest absolute Gasteiger partial charge is 0.353 e. The number of rotatable bonds is 5. The average Bonchev–Trinajstić information content (AvgIpc) is 3.16. The maximum Gasteiger partial charge on any atom is 0.129 e. The molecule has 2 aliphatic carbocycles. The third-order valence-corrected chi connectivity index (χ3v) is 3.90. The third kappa shape index (κ3) is 2.74. The number of hydrogen-bond donors (Lipinski definition) is 0. The molecule has 0 spiro atoms. The Labute approximate surface area is 108 Å². The predicted octanol–water partition coefficient (Wildman–Crippen LogP) is 3.51. The zero-order valence-electron chi connectivity index (χ0n) is 10.3. The molecule has 3 heteroatoms. The molecule has 1 aromatic rings. The second kappa shape index (κ2) is 4.49. The summed E-state index contributed by atoms with van der Waals surface area (Å²) in [6.07, 6.45) is 5.46. The highest BCUT2D eigenvalue weighted by molar-refractivity contribution is 6.17. The van der Waals surface area contributed by atoms with Crippen molar-refractivity contribution in [2.75, 3.05) is 11.4 Å². The van der Waals surface area contributed by atoms with Gasteiger partial charge in [0, 0.05) is 24.2 Å². The zero-order chi connectivity index (χ0) is 11.8. The minimum atomic E-state index is 0.582. The standard InChI is InChI=1S/C14H19ClN2/c1-10-6-12(8-15)7-14(16-10)17(13-4-5-13)9-11-2-3-11/h6-7,11,13H,2-5,8-9H2,1H3. The monoisotopic (exact) mass is 250 g/mol. The Balaban J connectivity index is 1.85. The first-order chi connectivity index (χ1) is 8.26. The molecule has 17 heavy (non-hydrogen) atoms. The minimum Gasteiger partial charge on any atom is -0.353 e. The lowest BCUT2D eigenvalue weighted by Gasteiger charge is -2.24. The van der Waals surface area contributed by atoms with Crippen LogP contribution >= 0.6 is 11.6 Å². The Hall–Kier alpha value is -0.760. The van der Waals surface area contributed by atoms with Crippen molar-refractivity contribution in [1.82, 2.24) is 4.98 Å². The van der Waals surface area contributed by atoms with E-state index in [1.165, 1.54) is 37.8 Å². The molecule has 0 atom stereocenters. The van der Waals surface area contributed by atoms with E-state index in [4.69, 9.17) is 16.6 Å². The summed E-state index contributed by atoms with van der Waals surface area (Å²) >= 11 is 5.94. The highest BCUT2D eigenvalue weighted by Gasteiger charge is 2.34. The molecule has 0 bridgehead atoms. The molecule has 0 amide bonds. The Kier molecular flexibility index (Phi) is 2.99. The van der Waals surface area contributed by atoms with E-state index in [0.717, 1.165) is 23.5 Å². The smallest absolute Gasteiger partial charge is 0.129 e. The van der Waals surface area contributed by atoms with Crippen molar-refractivity contribution in [3.63, 3.8) is 0 Å². The number of alkyl halides is 1. The Bertz CT molecular complexity index is 411. The van der Waals surface area contributed by atoms with E-state index in [-0.39, 0.29) is 0 Å². The first kappa shape index (κ1) is 11.3. The van der Waals surface area contributed by atoms with Crippen molar-refractivity contribution in [3.8, 4) is 0 Å². The summed E-state index contributed by atoms with van der Waals surface area (Å²) < 4.78 is 0. The lowest BCUT2D eigenvalue weighted by atomic mass is 10.2. The lowest BCUT2D eigenvalue weighted by Crippen LogP contribution is -2.29. The fourth-order valence-electron chi connectivity index (χ4n) is 2.34. The summed E-state index contributed by atoms with van der Waals surface area (Å²) in [7, 11) is 0. The van der Waals surface area contributed by atoms with Crippen LogP contribution in [-0.2, 0) is 5.88 Å². The average molecular weight is 251 g/mol. The summed E-state index contributed by atoms with van der Waals surface area (Å²) in [5.74, 6) is 2.64. The number of hydrogen-bond acceptors (Lipinski definition) is 2. The van der Waals surface area contributed by atoms with Gasteiger partial charge < -0.3 is 4.90 Å². The summed E-state index contributed by atoms with van der Waals surface area (Å²) in [5.41, 5.74) is 2.27.